The molecular weight excluding hydrogens is 316 g/mol. The molecule has 1 saturated heterocycles. The summed E-state index contributed by atoms with van der Waals surface area (Å²) in [6.07, 6.45) is 1.46. The van der Waals surface area contributed by atoms with Crippen LogP contribution in [0.5, 0.6) is 0 Å². The van der Waals surface area contributed by atoms with Crippen molar-refractivity contribution in [1.29, 1.82) is 0 Å². The van der Waals surface area contributed by atoms with Crippen molar-refractivity contribution >= 4 is 5.91 Å². The third-order valence-corrected chi connectivity index (χ3v) is 4.54. The molecule has 1 amide bonds. The number of carbonyl (C=O) groups excluding carboxylic acids is 1. The highest BCUT2D eigenvalue weighted by atomic mass is 16.3. The average Bonchev–Trinajstić information content (AvgIpc) is 3.13. The summed E-state index contributed by atoms with van der Waals surface area (Å²) in [5, 5.41) is 2.94. The van der Waals surface area contributed by atoms with Crippen LogP contribution in [0.3, 0.4) is 0 Å². The van der Waals surface area contributed by atoms with E-state index in [1.165, 1.54) is 11.8 Å². The summed E-state index contributed by atoms with van der Waals surface area (Å²) in [6.45, 7) is 7.01. The Morgan fingerprint density at radius 1 is 1.12 bits per heavy atom. The van der Waals surface area contributed by atoms with Gasteiger partial charge in [0, 0.05) is 45.8 Å². The largest absolute Gasteiger partial charge is 0.467 e. The van der Waals surface area contributed by atoms with Gasteiger partial charge >= 0.3 is 0 Å². The molecule has 0 bridgehead atoms. The molecule has 1 aliphatic rings. The van der Waals surface area contributed by atoms with Crippen molar-refractivity contribution in [1.82, 2.24) is 15.1 Å². The zero-order valence-corrected chi connectivity index (χ0v) is 14.5. The Balaban J connectivity index is 1.34. The minimum absolute atomic E-state index is 0.105. The van der Waals surface area contributed by atoms with Gasteiger partial charge in [-0.25, -0.2) is 0 Å². The van der Waals surface area contributed by atoms with E-state index in [0.29, 0.717) is 24.4 Å². The van der Waals surface area contributed by atoms with Crippen LogP contribution in [-0.4, -0.2) is 55.0 Å². The molecule has 2 heterocycles. The van der Waals surface area contributed by atoms with Crippen molar-refractivity contribution < 1.29 is 9.21 Å². The normalized spacial score (nSPS) is 16.0. The van der Waals surface area contributed by atoms with Gasteiger partial charge in [-0.3, -0.25) is 14.6 Å². The molecule has 0 spiro atoms. The number of nitrogens with zero attached hydrogens (tertiary/aromatic N) is 2. The van der Waals surface area contributed by atoms with E-state index in [-0.39, 0.29) is 5.91 Å². The number of nitrogens with two attached hydrogens (primary N) is 1. The van der Waals surface area contributed by atoms with Gasteiger partial charge in [0.05, 0.1) is 12.1 Å². The smallest absolute Gasteiger partial charge is 0.254 e. The number of benzene rings is 1. The van der Waals surface area contributed by atoms with Crippen molar-refractivity contribution in [3.63, 3.8) is 0 Å². The lowest BCUT2D eigenvalue weighted by atomic mass is 10.2. The van der Waals surface area contributed by atoms with Gasteiger partial charge in [-0.1, -0.05) is 30.3 Å². The van der Waals surface area contributed by atoms with E-state index in [1.807, 2.05) is 0 Å². The lowest BCUT2D eigenvalue weighted by Crippen LogP contribution is -2.48. The lowest BCUT2D eigenvalue weighted by molar-refractivity contribution is 0.0933. The molecule has 6 nitrogen and oxygen atoms in total. The van der Waals surface area contributed by atoms with E-state index in [2.05, 4.69) is 45.4 Å². The number of hydrogen-bond donors (Lipinski definition) is 2. The predicted octanol–water partition coefficient (Wildman–Crippen LogP) is 1.29. The van der Waals surface area contributed by atoms with E-state index < -0.39 is 0 Å². The fourth-order valence-corrected chi connectivity index (χ4v) is 3.05. The maximum atomic E-state index is 12.0. The van der Waals surface area contributed by atoms with Crippen molar-refractivity contribution in [2.75, 3.05) is 39.3 Å². The minimum Gasteiger partial charge on any atom is -0.467 e. The molecule has 0 unspecified atom stereocenters. The molecular formula is C19H26N4O2. The predicted molar refractivity (Wildman–Crippen MR) is 97.1 cm³/mol. The third-order valence-electron chi connectivity index (χ3n) is 4.54. The second-order valence-electron chi connectivity index (χ2n) is 6.37. The Hall–Kier alpha value is -2.15. The highest BCUT2D eigenvalue weighted by Gasteiger charge is 2.17. The molecule has 0 radical (unpaired) electrons. The molecule has 0 saturated carbocycles. The van der Waals surface area contributed by atoms with Gasteiger partial charge < -0.3 is 15.5 Å². The topological polar surface area (TPSA) is 74.7 Å². The van der Waals surface area contributed by atoms with Crippen LogP contribution < -0.4 is 11.1 Å². The molecule has 134 valence electrons. The lowest BCUT2D eigenvalue weighted by Gasteiger charge is -2.34. The number of nitrogens with one attached hydrogen (secondary N) is 1. The maximum absolute atomic E-state index is 12.0. The quantitative estimate of drug-likeness (QED) is 0.793. The second-order valence-corrected chi connectivity index (χ2v) is 6.37. The van der Waals surface area contributed by atoms with Gasteiger partial charge in [-0.15, -0.1) is 0 Å². The van der Waals surface area contributed by atoms with E-state index in [0.717, 1.165) is 39.3 Å². The Morgan fingerprint density at radius 2 is 1.84 bits per heavy atom. The first kappa shape index (κ1) is 17.7. The molecule has 1 fully saturated rings. The van der Waals surface area contributed by atoms with Crippen LogP contribution >= 0.6 is 0 Å². The molecule has 1 aromatic heterocycles. The van der Waals surface area contributed by atoms with Crippen LogP contribution in [0.2, 0.25) is 0 Å². The Morgan fingerprint density at radius 3 is 2.52 bits per heavy atom. The van der Waals surface area contributed by atoms with Crippen LogP contribution in [0.4, 0.5) is 0 Å². The van der Waals surface area contributed by atoms with Gasteiger partial charge in [0.2, 0.25) is 0 Å². The number of hydrogen-bond acceptors (Lipinski definition) is 5. The van der Waals surface area contributed by atoms with E-state index in [1.54, 1.807) is 6.07 Å². The van der Waals surface area contributed by atoms with Crippen LogP contribution in [0.15, 0.2) is 47.1 Å². The monoisotopic (exact) mass is 342 g/mol. The summed E-state index contributed by atoms with van der Waals surface area (Å²) in [7, 11) is 0. The number of carbonyl (C=O) groups is 1. The average molecular weight is 342 g/mol. The SMILES string of the molecule is NCc1cc(C(=O)NCCN2CCN(Cc3ccccc3)CC2)co1. The first-order valence-electron chi connectivity index (χ1n) is 8.79. The van der Waals surface area contributed by atoms with E-state index in [9.17, 15) is 4.79 Å². The molecule has 1 aromatic carbocycles. The fourth-order valence-electron chi connectivity index (χ4n) is 3.05. The molecule has 25 heavy (non-hydrogen) atoms. The zero-order chi connectivity index (χ0) is 17.5. The first-order chi connectivity index (χ1) is 12.2. The second kappa shape index (κ2) is 8.80. The number of rotatable bonds is 7. The number of piperazine rings is 1. The Bertz CT molecular complexity index is 663. The Kier molecular flexibility index (Phi) is 6.22. The van der Waals surface area contributed by atoms with Gasteiger partial charge in [0.1, 0.15) is 12.0 Å². The molecule has 3 N–H and O–H groups in total. The highest BCUT2D eigenvalue weighted by molar-refractivity contribution is 5.93. The van der Waals surface area contributed by atoms with Gasteiger partial charge in [0.25, 0.3) is 5.91 Å². The van der Waals surface area contributed by atoms with Crippen LogP contribution in [-0.2, 0) is 13.1 Å². The van der Waals surface area contributed by atoms with Crippen LogP contribution in [0.1, 0.15) is 21.7 Å². The van der Waals surface area contributed by atoms with Gasteiger partial charge in [0.15, 0.2) is 0 Å². The first-order valence-corrected chi connectivity index (χ1v) is 8.79. The molecule has 3 rings (SSSR count). The third kappa shape index (κ3) is 5.16. The van der Waals surface area contributed by atoms with Crippen molar-refractivity contribution in [2.24, 2.45) is 5.73 Å². The van der Waals surface area contributed by atoms with E-state index >= 15 is 0 Å². The minimum atomic E-state index is -0.105. The highest BCUT2D eigenvalue weighted by Crippen LogP contribution is 2.09. The van der Waals surface area contributed by atoms with Gasteiger partial charge in [-0.05, 0) is 11.6 Å². The summed E-state index contributed by atoms with van der Waals surface area (Å²) in [5.41, 5.74) is 7.38. The fraction of sp³-hybridized carbons (Fsp3) is 0.421. The maximum Gasteiger partial charge on any atom is 0.254 e. The number of furan rings is 1. The summed E-state index contributed by atoms with van der Waals surface area (Å²) < 4.78 is 5.19. The van der Waals surface area contributed by atoms with Crippen molar-refractivity contribution in [2.45, 2.75) is 13.1 Å². The molecule has 2 aromatic rings. The molecule has 6 heteroatoms. The van der Waals surface area contributed by atoms with Crippen LogP contribution in [0.25, 0.3) is 0 Å². The summed E-state index contributed by atoms with van der Waals surface area (Å²) >= 11 is 0. The summed E-state index contributed by atoms with van der Waals surface area (Å²) in [6, 6.07) is 12.3. The summed E-state index contributed by atoms with van der Waals surface area (Å²) in [5.74, 6) is 0.519. The van der Waals surface area contributed by atoms with E-state index in [4.69, 9.17) is 10.2 Å². The standard InChI is InChI=1S/C19H26N4O2/c20-13-18-12-17(15-25-18)19(24)21-6-7-22-8-10-23(11-9-22)14-16-4-2-1-3-5-16/h1-5,12,15H,6-11,13-14,20H2,(H,21,24). The van der Waals surface area contributed by atoms with Crippen LogP contribution in [0, 0.1) is 0 Å². The Labute approximate surface area is 148 Å². The molecule has 0 atom stereocenters. The molecule has 0 aliphatic carbocycles. The molecule has 1 aliphatic heterocycles. The van der Waals surface area contributed by atoms with Crippen molar-refractivity contribution in [3.05, 3.63) is 59.5 Å². The summed E-state index contributed by atoms with van der Waals surface area (Å²) in [4.78, 5) is 16.9. The number of amides is 1. The zero-order valence-electron chi connectivity index (χ0n) is 14.5. The van der Waals surface area contributed by atoms with Gasteiger partial charge in [-0.2, -0.15) is 0 Å². The van der Waals surface area contributed by atoms with Crippen molar-refractivity contribution in [3.8, 4) is 0 Å².